The molecule has 1 atom stereocenters. The molecule has 2 aromatic carbocycles. The fraction of sp³-hybridized carbons (Fsp3) is 0.381. The van der Waals surface area contributed by atoms with Crippen LogP contribution in [0.1, 0.15) is 18.1 Å². The van der Waals surface area contributed by atoms with Crippen molar-refractivity contribution < 1.29 is 22.7 Å². The Labute approximate surface area is 183 Å². The van der Waals surface area contributed by atoms with Gasteiger partial charge in [-0.3, -0.25) is 9.10 Å². The summed E-state index contributed by atoms with van der Waals surface area (Å²) in [6.45, 7) is 5.25. The summed E-state index contributed by atoms with van der Waals surface area (Å²) in [7, 11) is -1.21. The van der Waals surface area contributed by atoms with Crippen molar-refractivity contribution in [2.24, 2.45) is 0 Å². The van der Waals surface area contributed by atoms with Gasteiger partial charge in [0.05, 0.1) is 19.4 Å². The smallest absolute Gasteiger partial charge is 0.268 e. The highest BCUT2D eigenvalue weighted by Gasteiger charge is 2.30. The van der Waals surface area contributed by atoms with Crippen molar-refractivity contribution in [3.05, 3.63) is 52.5 Å². The lowest BCUT2D eigenvalue weighted by Crippen LogP contribution is -2.44. The van der Waals surface area contributed by atoms with E-state index < -0.39 is 22.5 Å². The van der Waals surface area contributed by atoms with E-state index in [4.69, 9.17) is 21.1 Å². The van der Waals surface area contributed by atoms with Crippen LogP contribution < -0.4 is 14.4 Å². The molecule has 1 N–H and O–H groups in total. The van der Waals surface area contributed by atoms with E-state index in [-0.39, 0.29) is 22.4 Å². The van der Waals surface area contributed by atoms with Gasteiger partial charge in [-0.25, -0.2) is 8.42 Å². The van der Waals surface area contributed by atoms with Gasteiger partial charge in [-0.15, -0.1) is 0 Å². The van der Waals surface area contributed by atoms with Crippen molar-refractivity contribution in [2.75, 3.05) is 31.7 Å². The molecule has 0 radical (unpaired) electrons. The van der Waals surface area contributed by atoms with Crippen molar-refractivity contribution in [2.45, 2.75) is 31.7 Å². The molecule has 0 unspecified atom stereocenters. The summed E-state index contributed by atoms with van der Waals surface area (Å²) >= 11 is 6.24. The van der Waals surface area contributed by atoms with Crippen LogP contribution in [0, 0.1) is 13.8 Å². The molecule has 1 amide bonds. The molecule has 7 nitrogen and oxygen atoms in total. The largest absolute Gasteiger partial charge is 0.495 e. The molecule has 0 saturated heterocycles. The van der Waals surface area contributed by atoms with Crippen LogP contribution in [0.2, 0.25) is 5.02 Å². The summed E-state index contributed by atoms with van der Waals surface area (Å²) in [4.78, 5) is 12.6. The number of ether oxygens (including phenoxy) is 2. The molecule has 0 heterocycles. The normalized spacial score (nSPS) is 12.3. The van der Waals surface area contributed by atoms with Crippen LogP contribution >= 0.6 is 11.6 Å². The third kappa shape index (κ3) is 5.65. The van der Waals surface area contributed by atoms with E-state index in [2.05, 4.69) is 5.32 Å². The van der Waals surface area contributed by atoms with E-state index in [1.54, 1.807) is 38.1 Å². The van der Waals surface area contributed by atoms with Gasteiger partial charge in [0.2, 0.25) is 5.91 Å². The number of methoxy groups -OCH3 is 2. The molecular formula is C21H27ClN2O5S. The summed E-state index contributed by atoms with van der Waals surface area (Å²) in [5.41, 5.74) is 1.82. The van der Waals surface area contributed by atoms with Crippen LogP contribution in [0.5, 0.6) is 5.75 Å². The molecule has 0 saturated carbocycles. The molecule has 0 aliphatic carbocycles. The molecular weight excluding hydrogens is 428 g/mol. The topological polar surface area (TPSA) is 84.9 Å². The molecule has 0 aliphatic heterocycles. The molecule has 9 heteroatoms. The lowest BCUT2D eigenvalue weighted by atomic mass is 10.2. The van der Waals surface area contributed by atoms with E-state index in [1.807, 2.05) is 6.92 Å². The minimum absolute atomic E-state index is 0.0283. The number of amides is 1. The van der Waals surface area contributed by atoms with Crippen molar-refractivity contribution >= 4 is 33.2 Å². The van der Waals surface area contributed by atoms with Gasteiger partial charge in [-0.05, 0) is 56.2 Å². The van der Waals surface area contributed by atoms with Gasteiger partial charge in [-0.1, -0.05) is 23.7 Å². The monoisotopic (exact) mass is 454 g/mol. The number of halogens is 1. The van der Waals surface area contributed by atoms with Gasteiger partial charge in [-0.2, -0.15) is 0 Å². The minimum Gasteiger partial charge on any atom is -0.495 e. The number of anilines is 1. The number of hydrogen-bond acceptors (Lipinski definition) is 5. The Balaban J connectivity index is 2.53. The number of benzene rings is 2. The van der Waals surface area contributed by atoms with Crippen LogP contribution in [0.4, 0.5) is 5.69 Å². The van der Waals surface area contributed by atoms with Crippen molar-refractivity contribution in [3.8, 4) is 5.75 Å². The van der Waals surface area contributed by atoms with Gasteiger partial charge in [0.15, 0.2) is 0 Å². The number of hydrogen-bond donors (Lipinski definition) is 1. The number of nitrogens with zero attached hydrogens (tertiary/aromatic N) is 1. The van der Waals surface area contributed by atoms with Crippen LogP contribution in [0.3, 0.4) is 0 Å². The summed E-state index contributed by atoms with van der Waals surface area (Å²) < 4.78 is 38.5. The Kier molecular flexibility index (Phi) is 8.11. The van der Waals surface area contributed by atoms with E-state index >= 15 is 0 Å². The second-order valence-electron chi connectivity index (χ2n) is 7.02. The first-order chi connectivity index (χ1) is 14.1. The second kappa shape index (κ2) is 10.1. The SMILES string of the molecule is COC[C@@H](C)NC(=O)CN(c1ccc(C)c(Cl)c1)S(=O)(=O)c1cc(C)ccc1OC. The highest BCUT2D eigenvalue weighted by atomic mass is 35.5. The number of carbonyl (C=O) groups is 1. The molecule has 0 aromatic heterocycles. The zero-order valence-corrected chi connectivity index (χ0v) is 19.3. The Hall–Kier alpha value is -2.29. The summed E-state index contributed by atoms with van der Waals surface area (Å²) in [5, 5.41) is 3.14. The van der Waals surface area contributed by atoms with Crippen molar-refractivity contribution in [3.63, 3.8) is 0 Å². The maximum Gasteiger partial charge on any atom is 0.268 e. The molecule has 0 aliphatic rings. The molecule has 164 valence electrons. The quantitative estimate of drug-likeness (QED) is 0.628. The Morgan fingerprint density at radius 2 is 1.87 bits per heavy atom. The fourth-order valence-electron chi connectivity index (χ4n) is 2.90. The highest BCUT2D eigenvalue weighted by molar-refractivity contribution is 7.93. The van der Waals surface area contributed by atoms with Crippen molar-refractivity contribution in [1.82, 2.24) is 5.32 Å². The fourth-order valence-corrected chi connectivity index (χ4v) is 4.73. The summed E-state index contributed by atoms with van der Waals surface area (Å²) in [6, 6.07) is 9.44. The zero-order valence-electron chi connectivity index (χ0n) is 17.7. The molecule has 2 aromatic rings. The Morgan fingerprint density at radius 1 is 1.17 bits per heavy atom. The first kappa shape index (κ1) is 24.0. The minimum atomic E-state index is -4.13. The Bertz CT molecular complexity index is 1010. The predicted octanol–water partition coefficient (Wildman–Crippen LogP) is 3.31. The molecule has 0 bridgehead atoms. The summed E-state index contributed by atoms with van der Waals surface area (Å²) in [6.07, 6.45) is 0. The lowest BCUT2D eigenvalue weighted by Gasteiger charge is -2.26. The van der Waals surface area contributed by atoms with E-state index in [0.717, 1.165) is 15.4 Å². The first-order valence-electron chi connectivity index (χ1n) is 9.32. The molecule has 30 heavy (non-hydrogen) atoms. The third-order valence-electron chi connectivity index (χ3n) is 4.44. The van der Waals surface area contributed by atoms with Crippen LogP contribution in [-0.2, 0) is 19.6 Å². The average molecular weight is 455 g/mol. The second-order valence-corrected chi connectivity index (χ2v) is 9.26. The van der Waals surface area contributed by atoms with Crippen LogP contribution in [0.15, 0.2) is 41.3 Å². The number of rotatable bonds is 9. The number of carbonyl (C=O) groups excluding carboxylic acids is 1. The first-order valence-corrected chi connectivity index (χ1v) is 11.1. The summed E-state index contributed by atoms with van der Waals surface area (Å²) in [5.74, 6) is -0.275. The average Bonchev–Trinajstić information content (AvgIpc) is 2.68. The zero-order chi connectivity index (χ0) is 22.5. The number of sulfonamides is 1. The van der Waals surface area contributed by atoms with Gasteiger partial charge in [0, 0.05) is 18.2 Å². The van der Waals surface area contributed by atoms with Gasteiger partial charge in [0.25, 0.3) is 10.0 Å². The van der Waals surface area contributed by atoms with E-state index in [1.165, 1.54) is 26.4 Å². The van der Waals surface area contributed by atoms with Crippen LogP contribution in [-0.4, -0.2) is 47.7 Å². The van der Waals surface area contributed by atoms with E-state index in [9.17, 15) is 13.2 Å². The molecule has 0 fully saturated rings. The van der Waals surface area contributed by atoms with Gasteiger partial charge < -0.3 is 14.8 Å². The van der Waals surface area contributed by atoms with Gasteiger partial charge >= 0.3 is 0 Å². The standard InChI is InChI=1S/C21H27ClN2O5S/c1-14-6-9-19(29-5)20(10-14)30(26,27)24(12-21(25)23-16(3)13-28-4)17-8-7-15(2)18(22)11-17/h6-11,16H,12-13H2,1-5H3,(H,23,25)/t16-/m1/s1. The lowest BCUT2D eigenvalue weighted by molar-refractivity contribution is -0.120. The van der Waals surface area contributed by atoms with Crippen molar-refractivity contribution in [1.29, 1.82) is 0 Å². The predicted molar refractivity (Wildman–Crippen MR) is 118 cm³/mol. The number of nitrogens with one attached hydrogen (secondary N) is 1. The maximum atomic E-state index is 13.6. The Morgan fingerprint density at radius 3 is 2.47 bits per heavy atom. The maximum absolute atomic E-state index is 13.6. The molecule has 0 spiro atoms. The van der Waals surface area contributed by atoms with Crippen LogP contribution in [0.25, 0.3) is 0 Å². The molecule has 2 rings (SSSR count). The van der Waals surface area contributed by atoms with E-state index in [0.29, 0.717) is 11.6 Å². The highest BCUT2D eigenvalue weighted by Crippen LogP contribution is 2.32. The number of aryl methyl sites for hydroxylation is 2. The van der Waals surface area contributed by atoms with Gasteiger partial charge in [0.1, 0.15) is 17.2 Å². The third-order valence-corrected chi connectivity index (χ3v) is 6.64.